The fourth-order valence-corrected chi connectivity index (χ4v) is 2.66. The summed E-state index contributed by atoms with van der Waals surface area (Å²) < 4.78 is 0. The topological polar surface area (TPSA) is 55.1 Å². The van der Waals surface area contributed by atoms with Crippen LogP contribution in [0.1, 0.15) is 43.7 Å². The average Bonchev–Trinajstić information content (AvgIpc) is 2.84. The van der Waals surface area contributed by atoms with Crippen LogP contribution >= 0.6 is 0 Å². The maximum atomic E-state index is 12.1. The Morgan fingerprint density at radius 2 is 1.89 bits per heavy atom. The first-order chi connectivity index (χ1) is 8.65. The third-order valence-corrected chi connectivity index (χ3v) is 3.89. The Labute approximate surface area is 109 Å². The van der Waals surface area contributed by atoms with Gasteiger partial charge in [0.05, 0.1) is 5.54 Å². The van der Waals surface area contributed by atoms with Crippen molar-refractivity contribution in [1.29, 1.82) is 0 Å². The molecule has 0 atom stereocenters. The van der Waals surface area contributed by atoms with Gasteiger partial charge in [-0.05, 0) is 30.4 Å². The highest BCUT2D eigenvalue weighted by Crippen LogP contribution is 2.27. The largest absolute Gasteiger partial charge is 0.350 e. The van der Waals surface area contributed by atoms with Crippen LogP contribution in [0.25, 0.3) is 0 Å². The van der Waals surface area contributed by atoms with Crippen molar-refractivity contribution in [3.63, 3.8) is 0 Å². The molecule has 0 spiro atoms. The minimum Gasteiger partial charge on any atom is -0.350 e. The molecule has 0 saturated heterocycles. The van der Waals surface area contributed by atoms with Gasteiger partial charge < -0.3 is 11.1 Å². The number of nitrogens with two attached hydrogens (primary N) is 1. The SMILES string of the molecule is CCc1ccccc1CNC(=O)C1(N)CCCC1. The molecule has 3 N–H and O–H groups in total. The van der Waals surface area contributed by atoms with Crippen LogP contribution in [0.15, 0.2) is 24.3 Å². The summed E-state index contributed by atoms with van der Waals surface area (Å²) in [6, 6.07) is 8.21. The molecular weight excluding hydrogens is 224 g/mol. The molecule has 3 nitrogen and oxygen atoms in total. The van der Waals surface area contributed by atoms with E-state index in [4.69, 9.17) is 5.73 Å². The number of benzene rings is 1. The van der Waals surface area contributed by atoms with E-state index in [0.29, 0.717) is 6.54 Å². The molecule has 0 aromatic heterocycles. The molecule has 0 unspecified atom stereocenters. The molecule has 1 fully saturated rings. The van der Waals surface area contributed by atoms with Crippen LogP contribution in [0, 0.1) is 0 Å². The van der Waals surface area contributed by atoms with Crippen molar-refractivity contribution in [3.05, 3.63) is 35.4 Å². The average molecular weight is 246 g/mol. The van der Waals surface area contributed by atoms with Gasteiger partial charge in [0, 0.05) is 6.54 Å². The number of amides is 1. The second kappa shape index (κ2) is 5.53. The van der Waals surface area contributed by atoms with E-state index in [9.17, 15) is 4.79 Å². The van der Waals surface area contributed by atoms with Crippen LogP contribution < -0.4 is 11.1 Å². The molecule has 1 aliphatic carbocycles. The lowest BCUT2D eigenvalue weighted by Gasteiger charge is -2.22. The summed E-state index contributed by atoms with van der Waals surface area (Å²) in [6.45, 7) is 2.71. The second-order valence-corrected chi connectivity index (χ2v) is 5.17. The minimum atomic E-state index is -0.624. The highest BCUT2D eigenvalue weighted by atomic mass is 16.2. The number of aryl methyl sites for hydroxylation is 1. The highest BCUT2D eigenvalue weighted by Gasteiger charge is 2.36. The summed E-state index contributed by atoms with van der Waals surface area (Å²) in [5.41, 5.74) is 7.98. The summed E-state index contributed by atoms with van der Waals surface area (Å²) in [6.07, 6.45) is 4.74. The number of hydrogen-bond donors (Lipinski definition) is 2. The Bertz CT molecular complexity index is 422. The van der Waals surface area contributed by atoms with Crippen LogP contribution in [-0.2, 0) is 17.8 Å². The Morgan fingerprint density at radius 3 is 2.50 bits per heavy atom. The van der Waals surface area contributed by atoms with Gasteiger partial charge in [0.25, 0.3) is 0 Å². The number of hydrogen-bond acceptors (Lipinski definition) is 2. The van der Waals surface area contributed by atoms with Gasteiger partial charge in [0.15, 0.2) is 0 Å². The van der Waals surface area contributed by atoms with Gasteiger partial charge in [-0.25, -0.2) is 0 Å². The van der Waals surface area contributed by atoms with E-state index in [-0.39, 0.29) is 5.91 Å². The standard InChI is InChI=1S/C15H22N2O/c1-2-12-7-3-4-8-13(12)11-17-14(18)15(16)9-5-6-10-15/h3-4,7-8H,2,5-6,9-11,16H2,1H3,(H,17,18). The van der Waals surface area contributed by atoms with Gasteiger partial charge in [-0.1, -0.05) is 44.0 Å². The molecule has 0 aliphatic heterocycles. The van der Waals surface area contributed by atoms with Crippen LogP contribution in [0.2, 0.25) is 0 Å². The van der Waals surface area contributed by atoms with Crippen molar-refractivity contribution >= 4 is 5.91 Å². The molecule has 0 heterocycles. The molecule has 2 rings (SSSR count). The van der Waals surface area contributed by atoms with Crippen molar-refractivity contribution < 1.29 is 4.79 Å². The zero-order chi connectivity index (χ0) is 13.0. The lowest BCUT2D eigenvalue weighted by atomic mass is 9.97. The van der Waals surface area contributed by atoms with Gasteiger partial charge in [-0.2, -0.15) is 0 Å². The molecule has 18 heavy (non-hydrogen) atoms. The molecule has 3 heteroatoms. The smallest absolute Gasteiger partial charge is 0.240 e. The van der Waals surface area contributed by atoms with Crippen molar-refractivity contribution in [2.75, 3.05) is 0 Å². The summed E-state index contributed by atoms with van der Waals surface area (Å²) in [5.74, 6) is 0.00547. The number of carbonyl (C=O) groups excluding carboxylic acids is 1. The van der Waals surface area contributed by atoms with Gasteiger partial charge >= 0.3 is 0 Å². The zero-order valence-electron chi connectivity index (χ0n) is 11.0. The molecule has 1 aromatic rings. The van der Waals surface area contributed by atoms with Gasteiger partial charge in [-0.15, -0.1) is 0 Å². The normalized spacial score (nSPS) is 17.7. The van der Waals surface area contributed by atoms with Gasteiger partial charge in [-0.3, -0.25) is 4.79 Å². The van der Waals surface area contributed by atoms with E-state index in [1.807, 2.05) is 12.1 Å². The molecule has 1 aliphatic rings. The Balaban J connectivity index is 1.97. The van der Waals surface area contributed by atoms with Crippen LogP contribution in [0.5, 0.6) is 0 Å². The monoisotopic (exact) mass is 246 g/mol. The van der Waals surface area contributed by atoms with Crippen molar-refractivity contribution in [2.24, 2.45) is 5.73 Å². The molecule has 98 valence electrons. The van der Waals surface area contributed by atoms with Crippen molar-refractivity contribution in [1.82, 2.24) is 5.32 Å². The van der Waals surface area contributed by atoms with E-state index in [2.05, 4.69) is 24.4 Å². The van der Waals surface area contributed by atoms with E-state index in [1.165, 1.54) is 11.1 Å². The van der Waals surface area contributed by atoms with E-state index in [1.54, 1.807) is 0 Å². The van der Waals surface area contributed by atoms with Gasteiger partial charge in [0.1, 0.15) is 0 Å². The number of rotatable bonds is 4. The third-order valence-electron chi connectivity index (χ3n) is 3.89. The Hall–Kier alpha value is -1.35. The van der Waals surface area contributed by atoms with E-state index in [0.717, 1.165) is 32.1 Å². The van der Waals surface area contributed by atoms with Crippen LogP contribution in [0.4, 0.5) is 0 Å². The molecule has 1 saturated carbocycles. The minimum absolute atomic E-state index is 0.00547. The summed E-state index contributed by atoms with van der Waals surface area (Å²) >= 11 is 0. The van der Waals surface area contributed by atoms with Crippen molar-refractivity contribution in [3.8, 4) is 0 Å². The summed E-state index contributed by atoms with van der Waals surface area (Å²) in [5, 5.41) is 2.99. The highest BCUT2D eigenvalue weighted by molar-refractivity contribution is 5.86. The van der Waals surface area contributed by atoms with Gasteiger partial charge in [0.2, 0.25) is 5.91 Å². The maximum absolute atomic E-state index is 12.1. The number of carbonyl (C=O) groups is 1. The second-order valence-electron chi connectivity index (χ2n) is 5.17. The summed E-state index contributed by atoms with van der Waals surface area (Å²) in [7, 11) is 0. The Kier molecular flexibility index (Phi) is 4.02. The third kappa shape index (κ3) is 2.72. The van der Waals surface area contributed by atoms with Crippen molar-refractivity contribution in [2.45, 2.75) is 51.1 Å². The zero-order valence-corrected chi connectivity index (χ0v) is 11.0. The lowest BCUT2D eigenvalue weighted by Crippen LogP contribution is -2.51. The first kappa shape index (κ1) is 13.1. The Morgan fingerprint density at radius 1 is 1.28 bits per heavy atom. The fraction of sp³-hybridized carbons (Fsp3) is 0.533. The van der Waals surface area contributed by atoms with E-state index >= 15 is 0 Å². The van der Waals surface area contributed by atoms with Crippen LogP contribution in [-0.4, -0.2) is 11.4 Å². The fourth-order valence-electron chi connectivity index (χ4n) is 2.66. The predicted octanol–water partition coefficient (Wildman–Crippen LogP) is 2.14. The number of nitrogens with one attached hydrogen (secondary N) is 1. The summed E-state index contributed by atoms with van der Waals surface area (Å²) in [4.78, 5) is 12.1. The molecule has 1 amide bonds. The van der Waals surface area contributed by atoms with Crippen LogP contribution in [0.3, 0.4) is 0 Å². The first-order valence-corrected chi connectivity index (χ1v) is 6.80. The molecule has 1 aromatic carbocycles. The molecule has 0 radical (unpaired) electrons. The molecular formula is C15H22N2O. The lowest BCUT2D eigenvalue weighted by molar-refractivity contribution is -0.126. The van der Waals surface area contributed by atoms with E-state index < -0.39 is 5.54 Å². The molecule has 0 bridgehead atoms. The first-order valence-electron chi connectivity index (χ1n) is 6.80. The predicted molar refractivity (Wildman–Crippen MR) is 73.1 cm³/mol. The maximum Gasteiger partial charge on any atom is 0.240 e. The quantitative estimate of drug-likeness (QED) is 0.855.